The average Bonchev–Trinajstić information content (AvgIpc) is 2.40. The van der Waals surface area contributed by atoms with E-state index >= 15 is 0 Å². The number of halogens is 1. The molecule has 0 aromatic heterocycles. The molecule has 0 bridgehead atoms. The van der Waals surface area contributed by atoms with Crippen molar-refractivity contribution in [1.29, 1.82) is 0 Å². The van der Waals surface area contributed by atoms with Gasteiger partial charge in [-0.2, -0.15) is 0 Å². The van der Waals surface area contributed by atoms with Gasteiger partial charge < -0.3 is 10.2 Å². The van der Waals surface area contributed by atoms with E-state index in [-0.39, 0.29) is 23.9 Å². The number of rotatable bonds is 5. The van der Waals surface area contributed by atoms with Gasteiger partial charge in [0.05, 0.1) is 6.42 Å². The number of benzene rings is 2. The molecule has 0 aliphatic rings. The Morgan fingerprint density at radius 1 is 1.15 bits per heavy atom. The third-order valence-electron chi connectivity index (χ3n) is 3.16. The molecule has 0 fully saturated rings. The summed E-state index contributed by atoms with van der Waals surface area (Å²) in [6, 6.07) is 12.6. The lowest BCUT2D eigenvalue weighted by atomic mass is 9.89. The minimum Gasteiger partial charge on any atom is -0.508 e. The van der Waals surface area contributed by atoms with Gasteiger partial charge >= 0.3 is 5.97 Å². The lowest BCUT2D eigenvalue weighted by Gasteiger charge is -2.15. The van der Waals surface area contributed by atoms with Gasteiger partial charge in [-0.1, -0.05) is 24.3 Å². The highest BCUT2D eigenvalue weighted by atomic mass is 19.1. The number of phenolic OH excluding ortho intramolecular Hbond substituents is 1. The molecular formula is C16H15FO3. The maximum atomic E-state index is 13.3. The van der Waals surface area contributed by atoms with Crippen LogP contribution in [0.1, 0.15) is 23.5 Å². The summed E-state index contributed by atoms with van der Waals surface area (Å²) in [5.41, 5.74) is 1.57. The molecule has 0 saturated carbocycles. The van der Waals surface area contributed by atoms with E-state index in [1.807, 2.05) is 0 Å². The van der Waals surface area contributed by atoms with Crippen LogP contribution in [0, 0.1) is 5.82 Å². The number of aromatic hydroxyl groups is 1. The van der Waals surface area contributed by atoms with E-state index in [1.165, 1.54) is 12.1 Å². The maximum absolute atomic E-state index is 13.3. The summed E-state index contributed by atoms with van der Waals surface area (Å²) in [5.74, 6) is -1.43. The smallest absolute Gasteiger partial charge is 0.303 e. The van der Waals surface area contributed by atoms with Gasteiger partial charge in [0, 0.05) is 0 Å². The van der Waals surface area contributed by atoms with Crippen molar-refractivity contribution in [1.82, 2.24) is 0 Å². The third-order valence-corrected chi connectivity index (χ3v) is 3.16. The lowest BCUT2D eigenvalue weighted by molar-refractivity contribution is -0.137. The Kier molecular flexibility index (Phi) is 4.35. The van der Waals surface area contributed by atoms with Gasteiger partial charge in [0.2, 0.25) is 0 Å². The molecular weight excluding hydrogens is 259 g/mol. The van der Waals surface area contributed by atoms with E-state index < -0.39 is 5.97 Å². The molecule has 2 aromatic rings. The summed E-state index contributed by atoms with van der Waals surface area (Å²) in [4.78, 5) is 11.0. The van der Waals surface area contributed by atoms with Gasteiger partial charge in [-0.25, -0.2) is 4.39 Å². The number of aliphatic carboxylic acids is 1. The summed E-state index contributed by atoms with van der Waals surface area (Å²) in [6.45, 7) is 0. The molecule has 4 heteroatoms. The van der Waals surface area contributed by atoms with Gasteiger partial charge in [-0.05, 0) is 47.7 Å². The monoisotopic (exact) mass is 274 g/mol. The van der Waals surface area contributed by atoms with Gasteiger partial charge in [-0.3, -0.25) is 4.79 Å². The maximum Gasteiger partial charge on any atom is 0.303 e. The standard InChI is InChI=1S/C16H15FO3/c17-14-3-1-2-12(9-14)13(10-16(19)20)8-11-4-6-15(18)7-5-11/h1-7,9,13,18H,8,10H2,(H,19,20)/t13-/m0/s1. The Morgan fingerprint density at radius 3 is 2.45 bits per heavy atom. The molecule has 2 rings (SSSR count). The van der Waals surface area contributed by atoms with Crippen LogP contribution in [0.4, 0.5) is 4.39 Å². The summed E-state index contributed by atoms with van der Waals surface area (Å²) in [6.07, 6.45) is 0.417. The van der Waals surface area contributed by atoms with Gasteiger partial charge in [0.1, 0.15) is 11.6 Å². The average molecular weight is 274 g/mol. The molecule has 2 N–H and O–H groups in total. The second-order valence-corrected chi connectivity index (χ2v) is 4.72. The van der Waals surface area contributed by atoms with Crippen molar-refractivity contribution in [2.75, 3.05) is 0 Å². The molecule has 0 amide bonds. The molecule has 0 aliphatic heterocycles. The first kappa shape index (κ1) is 14.1. The Bertz CT molecular complexity index is 593. The number of carbonyl (C=O) groups is 1. The molecule has 0 aliphatic carbocycles. The highest BCUT2D eigenvalue weighted by Gasteiger charge is 2.17. The Balaban J connectivity index is 2.23. The minimum atomic E-state index is -0.918. The van der Waals surface area contributed by atoms with E-state index in [4.69, 9.17) is 5.11 Å². The molecule has 0 saturated heterocycles. The van der Waals surface area contributed by atoms with Crippen LogP contribution < -0.4 is 0 Å². The van der Waals surface area contributed by atoms with Crippen LogP contribution in [-0.4, -0.2) is 16.2 Å². The topological polar surface area (TPSA) is 57.5 Å². The van der Waals surface area contributed by atoms with Crippen molar-refractivity contribution in [3.63, 3.8) is 0 Å². The van der Waals surface area contributed by atoms with Crippen LogP contribution in [0.5, 0.6) is 5.75 Å². The highest BCUT2D eigenvalue weighted by Crippen LogP contribution is 2.25. The van der Waals surface area contributed by atoms with Crippen molar-refractivity contribution in [2.24, 2.45) is 0 Å². The number of carboxylic acids is 1. The van der Waals surface area contributed by atoms with E-state index in [2.05, 4.69) is 0 Å². The molecule has 0 radical (unpaired) electrons. The molecule has 20 heavy (non-hydrogen) atoms. The number of hydrogen-bond acceptors (Lipinski definition) is 2. The fraction of sp³-hybridized carbons (Fsp3) is 0.188. The van der Waals surface area contributed by atoms with E-state index in [0.29, 0.717) is 12.0 Å². The molecule has 0 unspecified atom stereocenters. The van der Waals surface area contributed by atoms with Gasteiger partial charge in [0.15, 0.2) is 0 Å². The zero-order chi connectivity index (χ0) is 14.5. The number of phenols is 1. The summed E-state index contributed by atoms with van der Waals surface area (Å²) < 4.78 is 13.3. The van der Waals surface area contributed by atoms with Crippen molar-refractivity contribution in [2.45, 2.75) is 18.8 Å². The van der Waals surface area contributed by atoms with E-state index in [1.54, 1.807) is 36.4 Å². The first-order chi connectivity index (χ1) is 9.54. The van der Waals surface area contributed by atoms with Crippen molar-refractivity contribution < 1.29 is 19.4 Å². The Hall–Kier alpha value is -2.36. The predicted octanol–water partition coefficient (Wildman–Crippen LogP) is 3.33. The predicted molar refractivity (Wildman–Crippen MR) is 73.2 cm³/mol. The van der Waals surface area contributed by atoms with Crippen LogP contribution in [0.15, 0.2) is 48.5 Å². The minimum absolute atomic E-state index is 0.0651. The number of carboxylic acid groups (broad SMARTS) is 1. The summed E-state index contributed by atoms with van der Waals surface area (Å²) in [7, 11) is 0. The molecule has 2 aromatic carbocycles. The van der Waals surface area contributed by atoms with Crippen LogP contribution in [0.2, 0.25) is 0 Å². The van der Waals surface area contributed by atoms with Gasteiger partial charge in [0.25, 0.3) is 0 Å². The van der Waals surface area contributed by atoms with Crippen LogP contribution in [0.3, 0.4) is 0 Å². The van der Waals surface area contributed by atoms with Crippen LogP contribution in [-0.2, 0) is 11.2 Å². The fourth-order valence-electron chi connectivity index (χ4n) is 2.20. The Morgan fingerprint density at radius 2 is 1.85 bits per heavy atom. The zero-order valence-electron chi connectivity index (χ0n) is 10.8. The first-order valence-corrected chi connectivity index (χ1v) is 6.30. The van der Waals surface area contributed by atoms with Gasteiger partial charge in [-0.15, -0.1) is 0 Å². The number of hydrogen-bond donors (Lipinski definition) is 2. The summed E-state index contributed by atoms with van der Waals surface area (Å²) >= 11 is 0. The molecule has 104 valence electrons. The van der Waals surface area contributed by atoms with Crippen molar-refractivity contribution in [3.05, 3.63) is 65.5 Å². The van der Waals surface area contributed by atoms with E-state index in [9.17, 15) is 14.3 Å². The first-order valence-electron chi connectivity index (χ1n) is 6.30. The summed E-state index contributed by atoms with van der Waals surface area (Å²) in [5, 5.41) is 18.2. The molecule has 1 atom stereocenters. The third kappa shape index (κ3) is 3.82. The lowest BCUT2D eigenvalue weighted by Crippen LogP contribution is -2.09. The molecule has 3 nitrogen and oxygen atoms in total. The molecule has 0 heterocycles. The van der Waals surface area contributed by atoms with Crippen LogP contribution in [0.25, 0.3) is 0 Å². The zero-order valence-corrected chi connectivity index (χ0v) is 10.8. The van der Waals surface area contributed by atoms with Crippen molar-refractivity contribution in [3.8, 4) is 5.75 Å². The molecule has 0 spiro atoms. The Labute approximate surface area is 116 Å². The quantitative estimate of drug-likeness (QED) is 0.879. The van der Waals surface area contributed by atoms with Crippen LogP contribution >= 0.6 is 0 Å². The SMILES string of the molecule is O=C(O)C[C@H](Cc1ccc(O)cc1)c1cccc(F)c1. The highest BCUT2D eigenvalue weighted by molar-refractivity contribution is 5.68. The van der Waals surface area contributed by atoms with E-state index in [0.717, 1.165) is 5.56 Å². The largest absolute Gasteiger partial charge is 0.508 e. The fourth-order valence-corrected chi connectivity index (χ4v) is 2.20. The second kappa shape index (κ2) is 6.19. The normalized spacial score (nSPS) is 12.1. The van der Waals surface area contributed by atoms with Crippen molar-refractivity contribution >= 4 is 5.97 Å². The second-order valence-electron chi connectivity index (χ2n) is 4.72.